The molecule has 1 aliphatic heterocycles. The second-order valence-electron chi connectivity index (χ2n) is 6.96. The molecule has 1 amide bonds. The first-order valence-corrected chi connectivity index (χ1v) is 9.64. The highest BCUT2D eigenvalue weighted by molar-refractivity contribution is 5.85. The molecular weight excluding hydrogens is 354 g/mol. The number of nitrogens with zero attached hydrogens (tertiary/aromatic N) is 4. The molecule has 28 heavy (non-hydrogen) atoms. The fourth-order valence-corrected chi connectivity index (χ4v) is 3.59. The maximum atomic E-state index is 12.8. The number of anilines is 1. The third-order valence-corrected chi connectivity index (χ3v) is 5.08. The first-order valence-electron chi connectivity index (χ1n) is 9.64. The van der Waals surface area contributed by atoms with E-state index in [1.165, 1.54) is 10.6 Å². The zero-order valence-electron chi connectivity index (χ0n) is 15.8. The second kappa shape index (κ2) is 7.80. The maximum absolute atomic E-state index is 12.8. The van der Waals surface area contributed by atoms with Crippen LogP contribution in [-0.4, -0.2) is 33.1 Å². The Bertz CT molecular complexity index is 1050. The molecule has 0 unspecified atom stereocenters. The van der Waals surface area contributed by atoms with Crippen molar-refractivity contribution in [3.05, 3.63) is 70.1 Å². The molecule has 4 rings (SSSR count). The molecule has 7 nitrogen and oxygen atoms in total. The highest BCUT2D eigenvalue weighted by atomic mass is 16.2. The molecule has 0 radical (unpaired) electrons. The van der Waals surface area contributed by atoms with Crippen LogP contribution in [0.2, 0.25) is 0 Å². The van der Waals surface area contributed by atoms with Gasteiger partial charge < -0.3 is 10.2 Å². The first-order chi connectivity index (χ1) is 13.7. The molecule has 1 fully saturated rings. The van der Waals surface area contributed by atoms with Crippen LogP contribution in [0.25, 0.3) is 5.65 Å². The van der Waals surface area contributed by atoms with Gasteiger partial charge in [-0.3, -0.25) is 9.59 Å². The average Bonchev–Trinajstić information content (AvgIpc) is 3.22. The smallest absolute Gasteiger partial charge is 0.274 e. The summed E-state index contributed by atoms with van der Waals surface area (Å²) in [6.45, 7) is 3.19. The molecule has 1 atom stereocenters. The van der Waals surface area contributed by atoms with E-state index in [0.29, 0.717) is 24.4 Å². The van der Waals surface area contributed by atoms with Gasteiger partial charge in [-0.2, -0.15) is 4.52 Å². The summed E-state index contributed by atoms with van der Waals surface area (Å²) in [4.78, 5) is 31.5. The number of hydrogen-bond donors (Lipinski definition) is 1. The average molecular weight is 377 g/mol. The fourth-order valence-electron chi connectivity index (χ4n) is 3.59. The zero-order chi connectivity index (χ0) is 19.5. The molecule has 1 aliphatic rings. The standard InChI is InChI=1S/C21H23N5O2/c1-2-16-13-20(27)26-18(23-16)10-11-19(24-26)25-12-6-9-17(25)21(28)22-14-15-7-4-3-5-8-15/h3-5,7-8,10-11,13,17H,2,6,9,12,14H2,1H3,(H,22,28)/t17-/m1/s1. The van der Waals surface area contributed by atoms with E-state index in [1.807, 2.05) is 48.2 Å². The largest absolute Gasteiger partial charge is 0.350 e. The highest BCUT2D eigenvalue weighted by Gasteiger charge is 2.31. The highest BCUT2D eigenvalue weighted by Crippen LogP contribution is 2.24. The van der Waals surface area contributed by atoms with E-state index in [9.17, 15) is 9.59 Å². The van der Waals surface area contributed by atoms with Crippen LogP contribution in [0.3, 0.4) is 0 Å². The molecule has 1 aromatic carbocycles. The van der Waals surface area contributed by atoms with Crippen molar-refractivity contribution < 1.29 is 4.79 Å². The van der Waals surface area contributed by atoms with Gasteiger partial charge in [0.05, 0.1) is 0 Å². The third kappa shape index (κ3) is 3.60. The number of nitrogens with one attached hydrogen (secondary N) is 1. The molecular formula is C21H23N5O2. The number of carbonyl (C=O) groups excluding carboxylic acids is 1. The monoisotopic (exact) mass is 377 g/mol. The summed E-state index contributed by atoms with van der Waals surface area (Å²) in [6.07, 6.45) is 2.37. The molecule has 0 spiro atoms. The number of aryl methyl sites for hydroxylation is 1. The Balaban J connectivity index is 1.55. The molecule has 1 N–H and O–H groups in total. The summed E-state index contributed by atoms with van der Waals surface area (Å²) in [6, 6.07) is 14.7. The van der Waals surface area contributed by atoms with Crippen LogP contribution in [0.4, 0.5) is 5.82 Å². The van der Waals surface area contributed by atoms with Gasteiger partial charge in [0.15, 0.2) is 5.65 Å². The third-order valence-electron chi connectivity index (χ3n) is 5.08. The lowest BCUT2D eigenvalue weighted by atomic mass is 10.2. The Morgan fingerprint density at radius 1 is 1.21 bits per heavy atom. The maximum Gasteiger partial charge on any atom is 0.274 e. The van der Waals surface area contributed by atoms with Crippen molar-refractivity contribution >= 4 is 17.4 Å². The summed E-state index contributed by atoms with van der Waals surface area (Å²) in [5.41, 5.74) is 2.14. The van der Waals surface area contributed by atoms with Crippen molar-refractivity contribution in [3.8, 4) is 0 Å². The topological polar surface area (TPSA) is 79.6 Å². The molecule has 144 valence electrons. The Kier molecular flexibility index (Phi) is 5.06. The first kappa shape index (κ1) is 18.2. The summed E-state index contributed by atoms with van der Waals surface area (Å²) < 4.78 is 1.31. The quantitative estimate of drug-likeness (QED) is 0.735. The molecule has 3 heterocycles. The van der Waals surface area contributed by atoms with E-state index < -0.39 is 0 Å². The number of fused-ring (bicyclic) bond motifs is 1. The predicted molar refractivity (Wildman–Crippen MR) is 107 cm³/mol. The number of aromatic nitrogens is 3. The molecule has 2 aromatic heterocycles. The van der Waals surface area contributed by atoms with Crippen LogP contribution in [0, 0.1) is 0 Å². The molecule has 7 heteroatoms. The Labute approximate surface area is 163 Å². The minimum atomic E-state index is -0.285. The van der Waals surface area contributed by atoms with E-state index >= 15 is 0 Å². The van der Waals surface area contributed by atoms with Gasteiger partial charge >= 0.3 is 0 Å². The molecule has 3 aromatic rings. The lowest BCUT2D eigenvalue weighted by molar-refractivity contribution is -0.122. The normalized spacial score (nSPS) is 16.5. The van der Waals surface area contributed by atoms with Crippen molar-refractivity contribution in [1.82, 2.24) is 19.9 Å². The lowest BCUT2D eigenvalue weighted by Crippen LogP contribution is -2.43. The van der Waals surface area contributed by atoms with Gasteiger partial charge in [-0.15, -0.1) is 5.10 Å². The minimum absolute atomic E-state index is 0.0185. The van der Waals surface area contributed by atoms with Gasteiger partial charge in [0.25, 0.3) is 5.56 Å². The lowest BCUT2D eigenvalue weighted by Gasteiger charge is -2.25. The van der Waals surface area contributed by atoms with Crippen LogP contribution in [0.1, 0.15) is 31.0 Å². The van der Waals surface area contributed by atoms with Crippen LogP contribution in [-0.2, 0) is 17.8 Å². The van der Waals surface area contributed by atoms with Gasteiger partial charge in [0.1, 0.15) is 11.9 Å². The Morgan fingerprint density at radius 2 is 2.04 bits per heavy atom. The number of carbonyl (C=O) groups is 1. The Hall–Kier alpha value is -3.22. The summed E-state index contributed by atoms with van der Waals surface area (Å²) >= 11 is 0. The summed E-state index contributed by atoms with van der Waals surface area (Å²) in [5.74, 6) is 0.605. The van der Waals surface area contributed by atoms with Crippen molar-refractivity contribution in [1.29, 1.82) is 0 Å². The van der Waals surface area contributed by atoms with Gasteiger partial charge in [0, 0.05) is 24.8 Å². The SMILES string of the molecule is CCc1cc(=O)n2nc(N3CCC[C@@H]3C(=O)NCc3ccccc3)ccc2n1. The van der Waals surface area contributed by atoms with Crippen LogP contribution >= 0.6 is 0 Å². The van der Waals surface area contributed by atoms with Crippen molar-refractivity contribution in [2.75, 3.05) is 11.4 Å². The van der Waals surface area contributed by atoms with E-state index in [2.05, 4.69) is 15.4 Å². The van der Waals surface area contributed by atoms with Crippen LogP contribution < -0.4 is 15.8 Å². The number of amides is 1. The van der Waals surface area contributed by atoms with E-state index in [-0.39, 0.29) is 17.5 Å². The predicted octanol–water partition coefficient (Wildman–Crippen LogP) is 1.94. The number of hydrogen-bond acceptors (Lipinski definition) is 5. The van der Waals surface area contributed by atoms with Gasteiger partial charge in [-0.25, -0.2) is 4.98 Å². The van der Waals surface area contributed by atoms with Crippen molar-refractivity contribution in [2.45, 2.75) is 38.8 Å². The second-order valence-corrected chi connectivity index (χ2v) is 6.96. The van der Waals surface area contributed by atoms with Crippen molar-refractivity contribution in [3.63, 3.8) is 0 Å². The molecule has 0 saturated carbocycles. The number of benzene rings is 1. The van der Waals surface area contributed by atoms with E-state index in [1.54, 1.807) is 6.07 Å². The molecule has 0 bridgehead atoms. The summed E-state index contributed by atoms with van der Waals surface area (Å²) in [7, 11) is 0. The van der Waals surface area contributed by atoms with Crippen LogP contribution in [0.15, 0.2) is 53.3 Å². The van der Waals surface area contributed by atoms with Gasteiger partial charge in [-0.05, 0) is 37.0 Å². The minimum Gasteiger partial charge on any atom is -0.350 e. The Morgan fingerprint density at radius 3 is 2.82 bits per heavy atom. The van der Waals surface area contributed by atoms with Gasteiger partial charge in [-0.1, -0.05) is 37.3 Å². The number of rotatable bonds is 5. The van der Waals surface area contributed by atoms with E-state index in [4.69, 9.17) is 0 Å². The fraction of sp³-hybridized carbons (Fsp3) is 0.333. The van der Waals surface area contributed by atoms with Gasteiger partial charge in [0.2, 0.25) is 5.91 Å². The van der Waals surface area contributed by atoms with Crippen molar-refractivity contribution in [2.24, 2.45) is 0 Å². The molecule has 1 saturated heterocycles. The van der Waals surface area contributed by atoms with E-state index in [0.717, 1.165) is 30.6 Å². The van der Waals surface area contributed by atoms with Crippen LogP contribution in [0.5, 0.6) is 0 Å². The molecule has 0 aliphatic carbocycles. The zero-order valence-corrected chi connectivity index (χ0v) is 15.8. The summed E-state index contributed by atoms with van der Waals surface area (Å²) in [5, 5.41) is 7.49.